The fourth-order valence-corrected chi connectivity index (χ4v) is 2.61. The first-order valence-corrected chi connectivity index (χ1v) is 6.41. The molecular weight excluding hydrogens is 238 g/mol. The van der Waals surface area contributed by atoms with Crippen molar-refractivity contribution >= 4 is 35.3 Å². The minimum atomic E-state index is 0.291. The minimum Gasteiger partial charge on any atom is -0.408 e. The van der Waals surface area contributed by atoms with Crippen LogP contribution in [0.15, 0.2) is 10.6 Å². The molecule has 0 saturated heterocycles. The molecule has 0 unspecified atom stereocenters. The summed E-state index contributed by atoms with van der Waals surface area (Å²) in [6, 6.07) is 0. The molecule has 0 radical (unpaired) electrons. The van der Waals surface area contributed by atoms with E-state index in [9.17, 15) is 0 Å². The van der Waals surface area contributed by atoms with E-state index in [-0.39, 0.29) is 0 Å². The van der Waals surface area contributed by atoms with Crippen molar-refractivity contribution in [1.82, 2.24) is 15.2 Å². The summed E-state index contributed by atoms with van der Waals surface area (Å²) in [6.45, 7) is 0. The number of aromatic amines is 1. The molecule has 74 valence electrons. The first-order valence-electron chi connectivity index (χ1n) is 3.79. The second-order valence-electron chi connectivity index (χ2n) is 2.47. The molecule has 2 aromatic rings. The van der Waals surface area contributed by atoms with Gasteiger partial charge in [0.1, 0.15) is 9.88 Å². The number of hydrogen-bond donors (Lipinski definition) is 1. The number of thioether (sulfide) groups is 1. The Bertz CT molecular complexity index is 472. The number of thiazole rings is 1. The highest BCUT2D eigenvalue weighted by molar-refractivity contribution is 7.97. The van der Waals surface area contributed by atoms with Gasteiger partial charge in [0.2, 0.25) is 0 Å². The summed E-state index contributed by atoms with van der Waals surface area (Å²) in [7, 11) is 0. The lowest BCUT2D eigenvalue weighted by Crippen LogP contribution is -1.72. The van der Waals surface area contributed by atoms with Gasteiger partial charge in [-0.2, -0.15) is 11.8 Å². The molecular formula is C7H7N3OS3. The lowest BCUT2D eigenvalue weighted by molar-refractivity contribution is 0.553. The molecule has 0 saturated carbocycles. The van der Waals surface area contributed by atoms with E-state index in [1.807, 2.05) is 6.26 Å². The van der Waals surface area contributed by atoms with Gasteiger partial charge in [0, 0.05) is 5.75 Å². The van der Waals surface area contributed by atoms with Crippen LogP contribution in [0.5, 0.6) is 0 Å². The van der Waals surface area contributed by atoms with Gasteiger partial charge >= 0.3 is 0 Å². The summed E-state index contributed by atoms with van der Waals surface area (Å²) in [6.07, 6.45) is 3.80. The molecule has 4 nitrogen and oxygen atoms in total. The molecule has 0 aliphatic rings. The van der Waals surface area contributed by atoms with Crippen molar-refractivity contribution in [3.63, 3.8) is 0 Å². The van der Waals surface area contributed by atoms with Gasteiger partial charge in [-0.1, -0.05) is 0 Å². The molecule has 0 fully saturated rings. The van der Waals surface area contributed by atoms with Gasteiger partial charge in [-0.3, -0.25) is 0 Å². The molecule has 0 atom stereocenters. The van der Waals surface area contributed by atoms with Crippen LogP contribution in [0.2, 0.25) is 0 Å². The largest absolute Gasteiger partial charge is 0.408 e. The summed E-state index contributed by atoms with van der Waals surface area (Å²) in [5.74, 6) is 1.43. The number of hydrogen-bond acceptors (Lipinski definition) is 6. The molecule has 0 spiro atoms. The fraction of sp³-hybridized carbons (Fsp3) is 0.286. The zero-order valence-electron chi connectivity index (χ0n) is 7.31. The number of H-pyrrole nitrogens is 1. The molecule has 2 heterocycles. The average Bonchev–Trinajstić information content (AvgIpc) is 2.74. The summed E-state index contributed by atoms with van der Waals surface area (Å²) >= 11 is 8.09. The number of aromatic nitrogens is 3. The van der Waals surface area contributed by atoms with Gasteiger partial charge in [0.05, 0.1) is 6.20 Å². The van der Waals surface area contributed by atoms with Crippen LogP contribution in [0, 0.1) is 4.84 Å². The first kappa shape index (κ1) is 9.88. The van der Waals surface area contributed by atoms with Gasteiger partial charge in [-0.05, 0) is 18.5 Å². The van der Waals surface area contributed by atoms with Crippen molar-refractivity contribution in [1.29, 1.82) is 0 Å². The Kier molecular flexibility index (Phi) is 2.99. The normalized spacial score (nSPS) is 10.6. The van der Waals surface area contributed by atoms with E-state index in [1.165, 1.54) is 0 Å². The maximum Gasteiger partial charge on any atom is 0.284 e. The Labute approximate surface area is 93.8 Å². The van der Waals surface area contributed by atoms with Crippen LogP contribution in [0.1, 0.15) is 5.01 Å². The smallest absolute Gasteiger partial charge is 0.284 e. The van der Waals surface area contributed by atoms with Crippen molar-refractivity contribution in [2.75, 3.05) is 6.26 Å². The second kappa shape index (κ2) is 4.24. The Hall–Kier alpha value is -0.660. The minimum absolute atomic E-state index is 0.291. The van der Waals surface area contributed by atoms with E-state index in [0.29, 0.717) is 10.7 Å². The van der Waals surface area contributed by atoms with E-state index in [2.05, 4.69) is 15.2 Å². The standard InChI is InChI=1S/C7H7N3OS3/c1-13-3-5-8-2-4(14-5)6-9-10-7(12)11-6/h2H,3H2,1H3,(H,10,12). The molecule has 2 rings (SSSR count). The third-order valence-electron chi connectivity index (χ3n) is 1.47. The molecule has 0 bridgehead atoms. The van der Waals surface area contributed by atoms with Crippen LogP contribution in [0.25, 0.3) is 10.8 Å². The monoisotopic (exact) mass is 245 g/mol. The quantitative estimate of drug-likeness (QED) is 0.843. The van der Waals surface area contributed by atoms with Gasteiger partial charge < -0.3 is 4.42 Å². The van der Waals surface area contributed by atoms with Gasteiger partial charge in [0.25, 0.3) is 10.7 Å². The molecule has 0 aromatic carbocycles. The van der Waals surface area contributed by atoms with Crippen LogP contribution >= 0.6 is 35.3 Å². The van der Waals surface area contributed by atoms with Crippen molar-refractivity contribution in [3.05, 3.63) is 16.0 Å². The molecule has 1 N–H and O–H groups in total. The van der Waals surface area contributed by atoms with Crippen molar-refractivity contribution < 1.29 is 4.42 Å². The third kappa shape index (κ3) is 2.05. The van der Waals surface area contributed by atoms with Crippen molar-refractivity contribution in [2.45, 2.75) is 5.75 Å². The van der Waals surface area contributed by atoms with E-state index in [0.717, 1.165) is 15.6 Å². The van der Waals surface area contributed by atoms with Crippen LogP contribution in [-0.4, -0.2) is 21.4 Å². The molecule has 0 aliphatic carbocycles. The fourth-order valence-electron chi connectivity index (χ4n) is 0.935. The summed E-state index contributed by atoms with van der Waals surface area (Å²) in [5.41, 5.74) is 0. The topological polar surface area (TPSA) is 54.7 Å². The zero-order valence-corrected chi connectivity index (χ0v) is 9.76. The van der Waals surface area contributed by atoms with Gasteiger partial charge in [-0.25, -0.2) is 10.1 Å². The maximum atomic E-state index is 5.17. The van der Waals surface area contributed by atoms with E-state index in [1.54, 1.807) is 29.3 Å². The van der Waals surface area contributed by atoms with Gasteiger partial charge in [0.15, 0.2) is 0 Å². The highest BCUT2D eigenvalue weighted by Crippen LogP contribution is 2.25. The predicted octanol–water partition coefficient (Wildman–Crippen LogP) is 2.72. The number of rotatable bonds is 3. The van der Waals surface area contributed by atoms with E-state index < -0.39 is 0 Å². The number of nitrogens with one attached hydrogen (secondary N) is 1. The first-order chi connectivity index (χ1) is 6.79. The zero-order chi connectivity index (χ0) is 9.97. The summed E-state index contributed by atoms with van der Waals surface area (Å²) in [4.78, 5) is 5.44. The molecule has 0 amide bonds. The Morgan fingerprint density at radius 1 is 1.71 bits per heavy atom. The predicted molar refractivity (Wildman–Crippen MR) is 60.0 cm³/mol. The van der Waals surface area contributed by atoms with Crippen molar-refractivity contribution in [2.24, 2.45) is 0 Å². The van der Waals surface area contributed by atoms with Crippen molar-refractivity contribution in [3.8, 4) is 10.8 Å². The number of nitrogens with zero attached hydrogens (tertiary/aromatic N) is 2. The maximum absolute atomic E-state index is 5.17. The molecule has 2 aromatic heterocycles. The lowest BCUT2D eigenvalue weighted by atomic mass is 10.6. The molecule has 14 heavy (non-hydrogen) atoms. The highest BCUT2D eigenvalue weighted by atomic mass is 32.2. The summed E-state index contributed by atoms with van der Waals surface area (Å²) < 4.78 is 5.17. The van der Waals surface area contributed by atoms with E-state index >= 15 is 0 Å². The lowest BCUT2D eigenvalue weighted by Gasteiger charge is -1.86. The van der Waals surface area contributed by atoms with Gasteiger partial charge in [-0.15, -0.1) is 16.4 Å². The van der Waals surface area contributed by atoms with Crippen LogP contribution < -0.4 is 0 Å². The summed E-state index contributed by atoms with van der Waals surface area (Å²) in [5, 5.41) is 7.57. The Balaban J connectivity index is 2.28. The molecule has 7 heteroatoms. The Morgan fingerprint density at radius 2 is 2.57 bits per heavy atom. The Morgan fingerprint density at radius 3 is 3.21 bits per heavy atom. The third-order valence-corrected chi connectivity index (χ3v) is 3.38. The van der Waals surface area contributed by atoms with Crippen LogP contribution in [0.4, 0.5) is 0 Å². The highest BCUT2D eigenvalue weighted by Gasteiger charge is 2.08. The van der Waals surface area contributed by atoms with Crippen LogP contribution in [0.3, 0.4) is 0 Å². The second-order valence-corrected chi connectivity index (χ2v) is 4.82. The van der Waals surface area contributed by atoms with Crippen LogP contribution in [-0.2, 0) is 5.75 Å². The molecule has 0 aliphatic heterocycles. The average molecular weight is 245 g/mol. The van der Waals surface area contributed by atoms with E-state index in [4.69, 9.17) is 16.6 Å². The SMILES string of the molecule is CSCc1ncc(-c2n[nH]c(=S)o2)s1.